The lowest BCUT2D eigenvalue weighted by atomic mass is 10.1. The van der Waals surface area contributed by atoms with E-state index in [9.17, 15) is 0 Å². The number of fused-ring (bicyclic) bond motifs is 1. The topological polar surface area (TPSA) is 41.8 Å². The molecule has 0 aliphatic heterocycles. The minimum atomic E-state index is 0.703. The maximum absolute atomic E-state index is 5.60. The largest absolute Gasteiger partial charge is 0.358 e. The monoisotopic (exact) mass is 202 g/mol. The molecule has 0 aliphatic carbocycles. The van der Waals surface area contributed by atoms with Crippen LogP contribution in [-0.2, 0) is 12.8 Å². The quantitative estimate of drug-likeness (QED) is 0.789. The van der Waals surface area contributed by atoms with E-state index in [2.05, 4.69) is 37.0 Å². The van der Waals surface area contributed by atoms with E-state index in [-0.39, 0.29) is 0 Å². The highest BCUT2D eigenvalue weighted by atomic mass is 14.7. The van der Waals surface area contributed by atoms with Crippen LogP contribution in [0, 0.1) is 6.92 Å². The van der Waals surface area contributed by atoms with Gasteiger partial charge in [0.1, 0.15) is 0 Å². The minimum absolute atomic E-state index is 0.703. The van der Waals surface area contributed by atoms with Gasteiger partial charge >= 0.3 is 0 Å². The lowest BCUT2D eigenvalue weighted by Crippen LogP contribution is -2.03. The lowest BCUT2D eigenvalue weighted by molar-refractivity contribution is 0.929. The summed E-state index contributed by atoms with van der Waals surface area (Å²) in [6, 6.07) is 6.50. The molecule has 0 spiro atoms. The second kappa shape index (κ2) is 4.07. The van der Waals surface area contributed by atoms with Gasteiger partial charge in [-0.05, 0) is 31.0 Å². The second-order valence-corrected chi connectivity index (χ2v) is 3.96. The smallest absolute Gasteiger partial charge is 0.0491 e. The Hall–Kier alpha value is -1.28. The van der Waals surface area contributed by atoms with Crippen LogP contribution >= 0.6 is 0 Å². The van der Waals surface area contributed by atoms with Crippen molar-refractivity contribution in [1.82, 2.24) is 4.98 Å². The molecule has 0 amide bonds. The molecule has 2 heteroatoms. The third-order valence-electron chi connectivity index (χ3n) is 3.06. The molecule has 80 valence electrons. The number of hydrogen-bond donors (Lipinski definition) is 2. The summed E-state index contributed by atoms with van der Waals surface area (Å²) in [7, 11) is 0. The average Bonchev–Trinajstić information content (AvgIpc) is 2.57. The third kappa shape index (κ3) is 1.65. The van der Waals surface area contributed by atoms with Crippen molar-refractivity contribution >= 4 is 10.9 Å². The van der Waals surface area contributed by atoms with E-state index in [1.54, 1.807) is 0 Å². The van der Waals surface area contributed by atoms with E-state index >= 15 is 0 Å². The highest BCUT2D eigenvalue weighted by molar-refractivity contribution is 5.87. The highest BCUT2D eigenvalue weighted by Gasteiger charge is 2.08. The Labute approximate surface area is 90.5 Å². The number of aromatic amines is 1. The number of nitrogens with two attached hydrogens (primary N) is 1. The molecule has 15 heavy (non-hydrogen) atoms. The molecule has 0 fully saturated rings. The summed E-state index contributed by atoms with van der Waals surface area (Å²) in [5.41, 5.74) is 10.9. The fourth-order valence-corrected chi connectivity index (χ4v) is 2.16. The first-order valence-electron chi connectivity index (χ1n) is 5.57. The SMILES string of the molecule is CCc1cccc2c(C)c(CCN)[nH]c12. The van der Waals surface area contributed by atoms with E-state index < -0.39 is 0 Å². The molecule has 1 heterocycles. The molecule has 0 unspecified atom stereocenters. The lowest BCUT2D eigenvalue weighted by Gasteiger charge is -1.98. The van der Waals surface area contributed by atoms with Gasteiger partial charge < -0.3 is 10.7 Å². The third-order valence-corrected chi connectivity index (χ3v) is 3.06. The van der Waals surface area contributed by atoms with Gasteiger partial charge in [-0.2, -0.15) is 0 Å². The second-order valence-electron chi connectivity index (χ2n) is 3.96. The van der Waals surface area contributed by atoms with Crippen LogP contribution in [0.3, 0.4) is 0 Å². The maximum atomic E-state index is 5.60. The van der Waals surface area contributed by atoms with Crippen molar-refractivity contribution in [3.05, 3.63) is 35.0 Å². The summed E-state index contributed by atoms with van der Waals surface area (Å²) in [6.45, 7) is 5.06. The van der Waals surface area contributed by atoms with Crippen molar-refractivity contribution in [2.75, 3.05) is 6.54 Å². The number of para-hydroxylation sites is 1. The first-order valence-corrected chi connectivity index (χ1v) is 5.57. The number of rotatable bonds is 3. The van der Waals surface area contributed by atoms with Gasteiger partial charge in [0, 0.05) is 23.0 Å². The van der Waals surface area contributed by atoms with Crippen molar-refractivity contribution in [1.29, 1.82) is 0 Å². The molecule has 2 aromatic rings. The Balaban J connectivity index is 2.64. The van der Waals surface area contributed by atoms with Gasteiger partial charge in [-0.3, -0.25) is 0 Å². The van der Waals surface area contributed by atoms with Crippen molar-refractivity contribution in [2.24, 2.45) is 5.73 Å². The highest BCUT2D eigenvalue weighted by Crippen LogP contribution is 2.24. The van der Waals surface area contributed by atoms with Crippen LogP contribution in [0.2, 0.25) is 0 Å². The standard InChI is InChI=1S/C13H18N2/c1-3-10-5-4-6-11-9(2)12(7-8-14)15-13(10)11/h4-6,15H,3,7-8,14H2,1-2H3. The zero-order valence-electron chi connectivity index (χ0n) is 9.43. The fourth-order valence-electron chi connectivity index (χ4n) is 2.16. The average molecular weight is 202 g/mol. The summed E-state index contributed by atoms with van der Waals surface area (Å²) in [5, 5.41) is 1.35. The molecule has 2 rings (SSSR count). The molecule has 1 aromatic carbocycles. The molecule has 0 aliphatic rings. The Morgan fingerprint density at radius 1 is 1.33 bits per heavy atom. The van der Waals surface area contributed by atoms with Gasteiger partial charge in [-0.25, -0.2) is 0 Å². The Bertz CT molecular complexity index is 469. The first kappa shape index (κ1) is 10.2. The Morgan fingerprint density at radius 3 is 2.80 bits per heavy atom. The van der Waals surface area contributed by atoms with E-state index in [4.69, 9.17) is 5.73 Å². The summed E-state index contributed by atoms with van der Waals surface area (Å²) < 4.78 is 0. The molecule has 2 nitrogen and oxygen atoms in total. The molecule has 0 atom stereocenters. The molecule has 0 radical (unpaired) electrons. The van der Waals surface area contributed by atoms with Crippen molar-refractivity contribution < 1.29 is 0 Å². The molecule has 0 saturated carbocycles. The molecule has 0 saturated heterocycles. The Kier molecular flexibility index (Phi) is 2.78. The number of hydrogen-bond acceptors (Lipinski definition) is 1. The predicted molar refractivity (Wildman–Crippen MR) is 65.2 cm³/mol. The number of aromatic nitrogens is 1. The van der Waals surface area contributed by atoms with Crippen LogP contribution in [0.15, 0.2) is 18.2 Å². The van der Waals surface area contributed by atoms with Gasteiger partial charge in [0.15, 0.2) is 0 Å². The summed E-state index contributed by atoms with van der Waals surface area (Å²) in [4.78, 5) is 3.50. The van der Waals surface area contributed by atoms with Gasteiger partial charge in [0.2, 0.25) is 0 Å². The zero-order chi connectivity index (χ0) is 10.8. The van der Waals surface area contributed by atoms with Gasteiger partial charge in [0.25, 0.3) is 0 Å². The number of nitrogens with one attached hydrogen (secondary N) is 1. The first-order chi connectivity index (χ1) is 7.27. The molecular weight excluding hydrogens is 184 g/mol. The van der Waals surface area contributed by atoms with Crippen molar-refractivity contribution in [3.63, 3.8) is 0 Å². The molecule has 3 N–H and O–H groups in total. The Morgan fingerprint density at radius 2 is 2.13 bits per heavy atom. The van der Waals surface area contributed by atoms with E-state index in [0.717, 1.165) is 12.8 Å². The van der Waals surface area contributed by atoms with Gasteiger partial charge in [-0.1, -0.05) is 25.1 Å². The normalized spacial score (nSPS) is 11.1. The predicted octanol–water partition coefficient (Wildman–Crippen LogP) is 2.54. The van der Waals surface area contributed by atoms with E-state index in [0.29, 0.717) is 6.54 Å². The number of H-pyrrole nitrogens is 1. The maximum Gasteiger partial charge on any atom is 0.0491 e. The number of benzene rings is 1. The van der Waals surface area contributed by atoms with Crippen LogP contribution in [0.4, 0.5) is 0 Å². The molecule has 0 bridgehead atoms. The van der Waals surface area contributed by atoms with Gasteiger partial charge in [-0.15, -0.1) is 0 Å². The fraction of sp³-hybridized carbons (Fsp3) is 0.385. The van der Waals surface area contributed by atoms with Crippen molar-refractivity contribution in [2.45, 2.75) is 26.7 Å². The van der Waals surface area contributed by atoms with Crippen LogP contribution in [-0.4, -0.2) is 11.5 Å². The van der Waals surface area contributed by atoms with Crippen molar-refractivity contribution in [3.8, 4) is 0 Å². The van der Waals surface area contributed by atoms with Crippen LogP contribution < -0.4 is 5.73 Å². The number of aryl methyl sites for hydroxylation is 2. The summed E-state index contributed by atoms with van der Waals surface area (Å²) in [5.74, 6) is 0. The van der Waals surface area contributed by atoms with E-state index in [1.165, 1.54) is 27.7 Å². The minimum Gasteiger partial charge on any atom is -0.358 e. The van der Waals surface area contributed by atoms with Crippen LogP contribution in [0.1, 0.15) is 23.7 Å². The summed E-state index contributed by atoms with van der Waals surface area (Å²) in [6.07, 6.45) is 2.00. The molecule has 1 aromatic heterocycles. The van der Waals surface area contributed by atoms with Gasteiger partial charge in [0.05, 0.1) is 0 Å². The molecular formula is C13H18N2. The van der Waals surface area contributed by atoms with Crippen LogP contribution in [0.5, 0.6) is 0 Å². The zero-order valence-corrected chi connectivity index (χ0v) is 9.43. The van der Waals surface area contributed by atoms with Crippen LogP contribution in [0.25, 0.3) is 10.9 Å². The summed E-state index contributed by atoms with van der Waals surface area (Å²) >= 11 is 0. The van der Waals surface area contributed by atoms with E-state index in [1.807, 2.05) is 0 Å².